The first kappa shape index (κ1) is 23.2. The van der Waals surface area contributed by atoms with E-state index in [1.807, 2.05) is 66.7 Å². The zero-order chi connectivity index (χ0) is 23.0. The van der Waals surface area contributed by atoms with Crippen LogP contribution >= 0.6 is 35.0 Å². The maximum Gasteiger partial charge on any atom is 0.212 e. The molecule has 0 unspecified atom stereocenters. The Morgan fingerprint density at radius 2 is 1.85 bits per heavy atom. The summed E-state index contributed by atoms with van der Waals surface area (Å²) in [5.74, 6) is 1.87. The van der Waals surface area contributed by atoms with Crippen molar-refractivity contribution in [2.75, 3.05) is 7.11 Å². The summed E-state index contributed by atoms with van der Waals surface area (Å²) in [5, 5.41) is 14.7. The van der Waals surface area contributed by atoms with Gasteiger partial charge in [0.05, 0.1) is 13.3 Å². The lowest BCUT2D eigenvalue weighted by molar-refractivity contribution is 0.284. The van der Waals surface area contributed by atoms with Gasteiger partial charge in [-0.05, 0) is 41.5 Å². The van der Waals surface area contributed by atoms with E-state index in [0.717, 1.165) is 21.7 Å². The first-order chi connectivity index (χ1) is 16.1. The van der Waals surface area contributed by atoms with Crippen molar-refractivity contribution in [3.8, 4) is 11.5 Å². The van der Waals surface area contributed by atoms with Gasteiger partial charge in [-0.3, -0.25) is 0 Å². The van der Waals surface area contributed by atoms with E-state index in [4.69, 9.17) is 32.7 Å². The second kappa shape index (κ2) is 11.2. The van der Waals surface area contributed by atoms with Gasteiger partial charge in [0, 0.05) is 21.4 Å². The summed E-state index contributed by atoms with van der Waals surface area (Å²) in [6, 6.07) is 20.9. The van der Waals surface area contributed by atoms with Crippen LogP contribution in [0.2, 0.25) is 10.0 Å². The number of rotatable bonds is 9. The molecule has 0 radical (unpaired) electrons. The molecule has 0 N–H and O–H groups in total. The van der Waals surface area contributed by atoms with Crippen LogP contribution in [0.1, 0.15) is 16.7 Å². The molecule has 0 spiro atoms. The fourth-order valence-electron chi connectivity index (χ4n) is 2.96. The predicted molar refractivity (Wildman–Crippen MR) is 133 cm³/mol. The highest BCUT2D eigenvalue weighted by atomic mass is 35.5. The van der Waals surface area contributed by atoms with Gasteiger partial charge in [-0.1, -0.05) is 71.4 Å². The van der Waals surface area contributed by atoms with Gasteiger partial charge in [0.25, 0.3) is 0 Å². The van der Waals surface area contributed by atoms with Crippen LogP contribution in [0, 0.1) is 0 Å². The Morgan fingerprint density at radius 1 is 1.03 bits per heavy atom. The SMILES string of the molecule is COc1cccc(/C=N/n2cnnc2SCc2ccccc2Cl)c1OCc1ccc(Cl)cc1. The summed E-state index contributed by atoms with van der Waals surface area (Å²) < 4.78 is 13.2. The van der Waals surface area contributed by atoms with Crippen LogP contribution in [0.5, 0.6) is 11.5 Å². The standard InChI is InChI=1S/C24H20Cl2N4O2S/c1-31-22-8-4-6-18(23(22)32-14-17-9-11-20(25)12-10-17)13-28-30-16-27-29-24(30)33-15-19-5-2-3-7-21(19)26/h2-13,16H,14-15H2,1H3/b28-13+. The van der Waals surface area contributed by atoms with Crippen LogP contribution in [0.25, 0.3) is 0 Å². The van der Waals surface area contributed by atoms with Crippen molar-refractivity contribution in [1.29, 1.82) is 0 Å². The number of methoxy groups -OCH3 is 1. The molecule has 0 aliphatic heterocycles. The third-order valence-electron chi connectivity index (χ3n) is 4.66. The molecule has 1 heterocycles. The van der Waals surface area contributed by atoms with Crippen molar-refractivity contribution in [3.05, 3.63) is 99.8 Å². The van der Waals surface area contributed by atoms with E-state index in [1.165, 1.54) is 11.8 Å². The van der Waals surface area contributed by atoms with E-state index in [2.05, 4.69) is 15.3 Å². The number of aromatic nitrogens is 3. The molecule has 0 amide bonds. The Morgan fingerprint density at radius 3 is 2.64 bits per heavy atom. The maximum absolute atomic E-state index is 6.25. The molecule has 6 nitrogen and oxygen atoms in total. The molecule has 0 fully saturated rings. The maximum atomic E-state index is 6.25. The first-order valence-electron chi connectivity index (χ1n) is 9.99. The monoisotopic (exact) mass is 498 g/mol. The Kier molecular flexibility index (Phi) is 7.88. The van der Waals surface area contributed by atoms with Crippen molar-refractivity contribution in [2.45, 2.75) is 17.5 Å². The lowest BCUT2D eigenvalue weighted by Crippen LogP contribution is -2.01. The molecule has 0 bridgehead atoms. The van der Waals surface area contributed by atoms with E-state index in [0.29, 0.717) is 34.0 Å². The molecular weight excluding hydrogens is 479 g/mol. The fourth-order valence-corrected chi connectivity index (χ4v) is 4.24. The van der Waals surface area contributed by atoms with Gasteiger partial charge < -0.3 is 9.47 Å². The van der Waals surface area contributed by atoms with Gasteiger partial charge in [0.15, 0.2) is 11.5 Å². The minimum absolute atomic E-state index is 0.365. The first-order valence-corrected chi connectivity index (χ1v) is 11.7. The van der Waals surface area contributed by atoms with Gasteiger partial charge in [0.1, 0.15) is 12.9 Å². The third kappa shape index (κ3) is 6.07. The van der Waals surface area contributed by atoms with Gasteiger partial charge in [-0.25, -0.2) is 0 Å². The number of hydrogen-bond acceptors (Lipinski definition) is 6. The van der Waals surface area contributed by atoms with E-state index in [-0.39, 0.29) is 0 Å². The van der Waals surface area contributed by atoms with Crippen molar-refractivity contribution >= 4 is 41.2 Å². The molecule has 0 saturated carbocycles. The van der Waals surface area contributed by atoms with Crippen LogP contribution < -0.4 is 9.47 Å². The number of thioether (sulfide) groups is 1. The van der Waals surface area contributed by atoms with Crippen molar-refractivity contribution in [2.24, 2.45) is 5.10 Å². The Balaban J connectivity index is 1.51. The summed E-state index contributed by atoms with van der Waals surface area (Å²) in [5.41, 5.74) is 2.78. The summed E-state index contributed by atoms with van der Waals surface area (Å²) in [4.78, 5) is 0. The topological polar surface area (TPSA) is 61.5 Å². The molecule has 1 aromatic heterocycles. The Labute approximate surface area is 206 Å². The molecule has 33 heavy (non-hydrogen) atoms. The molecule has 168 valence electrons. The quantitative estimate of drug-likeness (QED) is 0.199. The fraction of sp³-hybridized carbons (Fsp3) is 0.125. The average Bonchev–Trinajstić information content (AvgIpc) is 3.29. The number of benzene rings is 3. The highest BCUT2D eigenvalue weighted by Crippen LogP contribution is 2.31. The third-order valence-corrected chi connectivity index (χ3v) is 6.26. The van der Waals surface area contributed by atoms with Crippen molar-refractivity contribution < 1.29 is 9.47 Å². The number of halogens is 2. The largest absolute Gasteiger partial charge is 0.493 e. The van der Waals surface area contributed by atoms with E-state index >= 15 is 0 Å². The normalized spacial score (nSPS) is 11.1. The number of hydrogen-bond donors (Lipinski definition) is 0. The highest BCUT2D eigenvalue weighted by molar-refractivity contribution is 7.98. The molecule has 9 heteroatoms. The minimum Gasteiger partial charge on any atom is -0.493 e. The van der Waals surface area contributed by atoms with Crippen molar-refractivity contribution in [3.63, 3.8) is 0 Å². The van der Waals surface area contributed by atoms with Crippen LogP contribution in [0.4, 0.5) is 0 Å². The van der Waals surface area contributed by atoms with E-state index < -0.39 is 0 Å². The molecule has 0 atom stereocenters. The minimum atomic E-state index is 0.365. The predicted octanol–water partition coefficient (Wildman–Crippen LogP) is 6.35. The second-order valence-corrected chi connectivity index (χ2v) is 8.66. The summed E-state index contributed by atoms with van der Waals surface area (Å²) in [6.07, 6.45) is 3.25. The summed E-state index contributed by atoms with van der Waals surface area (Å²) >= 11 is 13.7. The van der Waals surface area contributed by atoms with Gasteiger partial charge in [-0.15, -0.1) is 10.2 Å². The van der Waals surface area contributed by atoms with E-state index in [1.54, 1.807) is 24.3 Å². The summed E-state index contributed by atoms with van der Waals surface area (Å²) in [7, 11) is 1.61. The number of para-hydroxylation sites is 1. The zero-order valence-corrected chi connectivity index (χ0v) is 20.0. The lowest BCUT2D eigenvalue weighted by Gasteiger charge is -2.13. The van der Waals surface area contributed by atoms with Crippen LogP contribution in [-0.4, -0.2) is 28.2 Å². The number of ether oxygens (including phenoxy) is 2. The van der Waals surface area contributed by atoms with Gasteiger partial charge in [-0.2, -0.15) is 9.78 Å². The summed E-state index contributed by atoms with van der Waals surface area (Å²) in [6.45, 7) is 0.365. The van der Waals surface area contributed by atoms with Crippen LogP contribution in [0.3, 0.4) is 0 Å². The molecule has 0 saturated heterocycles. The smallest absolute Gasteiger partial charge is 0.212 e. The Hall–Kier alpha value is -3.00. The highest BCUT2D eigenvalue weighted by Gasteiger charge is 2.11. The molecule has 4 aromatic rings. The second-order valence-electron chi connectivity index (χ2n) is 6.88. The number of nitrogens with zero attached hydrogens (tertiary/aromatic N) is 4. The molecule has 0 aliphatic rings. The molecule has 3 aromatic carbocycles. The van der Waals surface area contributed by atoms with Crippen LogP contribution in [-0.2, 0) is 12.4 Å². The van der Waals surface area contributed by atoms with Gasteiger partial charge in [0.2, 0.25) is 5.16 Å². The molecule has 4 rings (SSSR count). The molecule has 0 aliphatic carbocycles. The van der Waals surface area contributed by atoms with E-state index in [9.17, 15) is 0 Å². The zero-order valence-electron chi connectivity index (χ0n) is 17.7. The van der Waals surface area contributed by atoms with Crippen LogP contribution in [0.15, 0.2) is 83.3 Å². The Bertz CT molecular complexity index is 1250. The molecular formula is C24H20Cl2N4O2S. The van der Waals surface area contributed by atoms with Crippen molar-refractivity contribution in [1.82, 2.24) is 14.9 Å². The average molecular weight is 499 g/mol. The van der Waals surface area contributed by atoms with Gasteiger partial charge >= 0.3 is 0 Å². The lowest BCUT2D eigenvalue weighted by atomic mass is 10.2.